The van der Waals surface area contributed by atoms with Crippen LogP contribution in [-0.2, 0) is 5.41 Å². The van der Waals surface area contributed by atoms with Crippen LogP contribution in [0.1, 0.15) is 58.4 Å². The Bertz CT molecular complexity index is 475. The van der Waals surface area contributed by atoms with Crippen LogP contribution in [-0.4, -0.2) is 42.4 Å². The van der Waals surface area contributed by atoms with Crippen molar-refractivity contribution in [3.05, 3.63) is 29.8 Å². The van der Waals surface area contributed by atoms with Crippen molar-refractivity contribution >= 4 is 0 Å². The second-order valence-corrected chi connectivity index (χ2v) is 7.94. The van der Waals surface area contributed by atoms with Gasteiger partial charge in [0, 0.05) is 12.6 Å². The lowest BCUT2D eigenvalue weighted by molar-refractivity contribution is 0.0556. The quantitative estimate of drug-likeness (QED) is 0.860. The third-order valence-corrected chi connectivity index (χ3v) is 4.82. The second-order valence-electron chi connectivity index (χ2n) is 7.94. The van der Waals surface area contributed by atoms with Gasteiger partial charge in [-0.2, -0.15) is 0 Å². The second kappa shape index (κ2) is 8.16. The number of hydrogen-bond acceptors (Lipinski definition) is 3. The predicted molar refractivity (Wildman–Crippen MR) is 96.1 cm³/mol. The molecule has 1 N–H and O–H groups in total. The third-order valence-electron chi connectivity index (χ3n) is 4.82. The summed E-state index contributed by atoms with van der Waals surface area (Å²) in [5, 5.41) is 10.3. The van der Waals surface area contributed by atoms with Crippen LogP contribution >= 0.6 is 0 Å². The number of aliphatic hydroxyl groups is 1. The van der Waals surface area contributed by atoms with Gasteiger partial charge in [-0.25, -0.2) is 0 Å². The molecule has 1 aliphatic rings. The highest BCUT2D eigenvalue weighted by atomic mass is 16.5. The van der Waals surface area contributed by atoms with Crippen LogP contribution in [0.4, 0.5) is 0 Å². The van der Waals surface area contributed by atoms with E-state index >= 15 is 0 Å². The van der Waals surface area contributed by atoms with Crippen molar-refractivity contribution in [1.29, 1.82) is 0 Å². The molecule has 0 radical (unpaired) electrons. The minimum absolute atomic E-state index is 0.0421. The Balaban J connectivity index is 1.86. The molecule has 3 heteroatoms. The fraction of sp³-hybridized carbons (Fsp3) is 0.700. The van der Waals surface area contributed by atoms with Gasteiger partial charge in [-0.3, -0.25) is 0 Å². The fourth-order valence-corrected chi connectivity index (χ4v) is 3.45. The predicted octanol–water partition coefficient (Wildman–Crippen LogP) is 3.99. The molecule has 1 aliphatic carbocycles. The molecular weight excluding hydrogens is 286 g/mol. The summed E-state index contributed by atoms with van der Waals surface area (Å²) in [4.78, 5) is 2.31. The highest BCUT2D eigenvalue weighted by Crippen LogP contribution is 2.31. The maximum Gasteiger partial charge on any atom is 0.123 e. The average Bonchev–Trinajstić information content (AvgIpc) is 2.53. The molecule has 0 saturated heterocycles. The maximum absolute atomic E-state index is 10.3. The molecule has 0 aliphatic heterocycles. The first kappa shape index (κ1) is 18.3. The molecule has 0 heterocycles. The highest BCUT2D eigenvalue weighted by Gasteiger charge is 2.22. The van der Waals surface area contributed by atoms with Crippen LogP contribution in [0.15, 0.2) is 24.3 Å². The van der Waals surface area contributed by atoms with Crippen LogP contribution in [0.3, 0.4) is 0 Å². The van der Waals surface area contributed by atoms with Gasteiger partial charge in [-0.15, -0.1) is 0 Å². The zero-order valence-corrected chi connectivity index (χ0v) is 15.2. The van der Waals surface area contributed by atoms with Crippen LogP contribution in [0.2, 0.25) is 0 Å². The molecule has 1 aromatic rings. The van der Waals surface area contributed by atoms with Crippen molar-refractivity contribution in [2.45, 2.75) is 70.4 Å². The van der Waals surface area contributed by atoms with Gasteiger partial charge in [0.25, 0.3) is 0 Å². The van der Waals surface area contributed by atoms with E-state index in [0.29, 0.717) is 19.2 Å². The van der Waals surface area contributed by atoms with Gasteiger partial charge in [0.05, 0.1) is 0 Å². The summed E-state index contributed by atoms with van der Waals surface area (Å²) in [5.74, 6) is 0.888. The van der Waals surface area contributed by atoms with Gasteiger partial charge < -0.3 is 14.7 Å². The molecule has 23 heavy (non-hydrogen) atoms. The average molecular weight is 319 g/mol. The first-order valence-electron chi connectivity index (χ1n) is 8.98. The van der Waals surface area contributed by atoms with Gasteiger partial charge in [0.1, 0.15) is 18.5 Å². The lowest BCUT2D eigenvalue weighted by Gasteiger charge is -2.32. The van der Waals surface area contributed by atoms with Gasteiger partial charge in [0.15, 0.2) is 0 Å². The van der Waals surface area contributed by atoms with Crippen LogP contribution in [0.25, 0.3) is 0 Å². The Morgan fingerprint density at radius 3 is 2.48 bits per heavy atom. The van der Waals surface area contributed by atoms with Gasteiger partial charge >= 0.3 is 0 Å². The van der Waals surface area contributed by atoms with E-state index in [4.69, 9.17) is 4.74 Å². The van der Waals surface area contributed by atoms with Crippen molar-refractivity contribution in [2.75, 3.05) is 20.2 Å². The first-order chi connectivity index (χ1) is 10.9. The molecule has 1 atom stereocenters. The van der Waals surface area contributed by atoms with Crippen molar-refractivity contribution in [3.8, 4) is 5.75 Å². The molecule has 1 aromatic carbocycles. The molecule has 0 bridgehead atoms. The third kappa shape index (κ3) is 5.50. The minimum atomic E-state index is -0.449. The fourth-order valence-electron chi connectivity index (χ4n) is 3.45. The zero-order chi connectivity index (χ0) is 16.9. The van der Waals surface area contributed by atoms with Crippen LogP contribution in [0, 0.1) is 0 Å². The minimum Gasteiger partial charge on any atom is -0.491 e. The summed E-state index contributed by atoms with van der Waals surface area (Å²) in [7, 11) is 2.13. The normalized spacial score (nSPS) is 18.2. The number of nitrogens with zero attached hydrogens (tertiary/aromatic N) is 1. The van der Waals surface area contributed by atoms with E-state index in [9.17, 15) is 5.11 Å². The summed E-state index contributed by atoms with van der Waals surface area (Å²) in [5.41, 5.74) is 1.23. The first-order valence-corrected chi connectivity index (χ1v) is 8.98. The van der Waals surface area contributed by atoms with Gasteiger partial charge in [-0.1, -0.05) is 58.2 Å². The summed E-state index contributed by atoms with van der Waals surface area (Å²) in [6.45, 7) is 7.58. The Morgan fingerprint density at radius 2 is 1.83 bits per heavy atom. The summed E-state index contributed by atoms with van der Waals surface area (Å²) in [6.07, 6.45) is 6.07. The van der Waals surface area contributed by atoms with E-state index in [2.05, 4.69) is 38.8 Å². The summed E-state index contributed by atoms with van der Waals surface area (Å²) in [6, 6.07) is 8.76. The maximum atomic E-state index is 10.3. The molecule has 1 fully saturated rings. The summed E-state index contributed by atoms with van der Waals surface area (Å²) >= 11 is 0. The SMILES string of the molecule is CN(C[C@@H](O)COc1ccccc1C(C)(C)C)C1CCCCC1. The van der Waals surface area contributed by atoms with Crippen LogP contribution in [0.5, 0.6) is 5.75 Å². The molecule has 0 amide bonds. The molecule has 0 spiro atoms. The Hall–Kier alpha value is -1.06. The molecule has 130 valence electrons. The van der Waals surface area contributed by atoms with Crippen molar-refractivity contribution in [2.24, 2.45) is 0 Å². The number of ether oxygens (including phenoxy) is 1. The Labute approximate surface area is 141 Å². The molecule has 1 saturated carbocycles. The topological polar surface area (TPSA) is 32.7 Å². The number of benzene rings is 1. The van der Waals surface area contributed by atoms with Crippen molar-refractivity contribution < 1.29 is 9.84 Å². The molecule has 3 nitrogen and oxygen atoms in total. The number of rotatable bonds is 6. The molecule has 2 rings (SSSR count). The molecule has 0 unspecified atom stereocenters. The lowest BCUT2D eigenvalue weighted by atomic mass is 9.86. The smallest absolute Gasteiger partial charge is 0.123 e. The summed E-state index contributed by atoms with van der Waals surface area (Å²) < 4.78 is 5.94. The van der Waals surface area contributed by atoms with E-state index in [-0.39, 0.29) is 5.41 Å². The Morgan fingerprint density at radius 1 is 1.17 bits per heavy atom. The van der Waals surface area contributed by atoms with E-state index < -0.39 is 6.10 Å². The standard InChI is InChI=1S/C20H33NO2/c1-20(2,3)18-12-8-9-13-19(18)23-15-17(22)14-21(4)16-10-6-5-7-11-16/h8-9,12-13,16-17,22H,5-7,10-11,14-15H2,1-4H3/t17-/m1/s1. The van der Waals surface area contributed by atoms with E-state index in [1.807, 2.05) is 18.2 Å². The highest BCUT2D eigenvalue weighted by molar-refractivity contribution is 5.38. The number of likely N-dealkylation sites (N-methyl/N-ethyl adjacent to an activating group) is 1. The van der Waals surface area contributed by atoms with Gasteiger partial charge in [-0.05, 0) is 36.9 Å². The van der Waals surface area contributed by atoms with Gasteiger partial charge in [0.2, 0.25) is 0 Å². The molecular formula is C20H33NO2. The lowest BCUT2D eigenvalue weighted by Crippen LogP contribution is -2.40. The zero-order valence-electron chi connectivity index (χ0n) is 15.2. The molecule has 0 aromatic heterocycles. The van der Waals surface area contributed by atoms with E-state index in [1.165, 1.54) is 37.7 Å². The number of hydrogen-bond donors (Lipinski definition) is 1. The van der Waals surface area contributed by atoms with Crippen molar-refractivity contribution in [1.82, 2.24) is 4.90 Å². The van der Waals surface area contributed by atoms with E-state index in [1.54, 1.807) is 0 Å². The monoisotopic (exact) mass is 319 g/mol. The van der Waals surface area contributed by atoms with Crippen LogP contribution < -0.4 is 4.74 Å². The number of aliphatic hydroxyl groups excluding tert-OH is 1. The van der Waals surface area contributed by atoms with E-state index in [0.717, 1.165) is 5.75 Å². The van der Waals surface area contributed by atoms with Crippen molar-refractivity contribution in [3.63, 3.8) is 0 Å². The number of para-hydroxylation sites is 1. The largest absolute Gasteiger partial charge is 0.491 e. The Kier molecular flexibility index (Phi) is 6.49.